The maximum absolute atomic E-state index is 11.6. The number of nitrogens with one attached hydrogen (secondary N) is 3. The van der Waals surface area contributed by atoms with Crippen molar-refractivity contribution < 1.29 is 19.4 Å². The number of amides is 1. The van der Waals surface area contributed by atoms with Gasteiger partial charge >= 0.3 is 12.1 Å². The van der Waals surface area contributed by atoms with E-state index in [0.717, 1.165) is 5.56 Å². The van der Waals surface area contributed by atoms with Crippen molar-refractivity contribution in [2.75, 3.05) is 0 Å². The normalized spacial score (nSPS) is 10.5. The predicted molar refractivity (Wildman–Crippen MR) is 82.9 cm³/mol. The molecule has 0 bridgehead atoms. The summed E-state index contributed by atoms with van der Waals surface area (Å²) in [6, 6.07) is 8.05. The summed E-state index contributed by atoms with van der Waals surface area (Å²) < 4.78 is 4.99. The Bertz CT molecular complexity index is 668. The highest BCUT2D eigenvalue weighted by Crippen LogP contribution is 2.02. The highest BCUT2D eigenvalue weighted by Gasteiger charge is 2.21. The van der Waals surface area contributed by atoms with E-state index in [2.05, 4.69) is 15.3 Å². The van der Waals surface area contributed by atoms with Gasteiger partial charge in [-0.2, -0.15) is 0 Å². The van der Waals surface area contributed by atoms with Crippen LogP contribution in [0.4, 0.5) is 4.79 Å². The number of aromatic amines is 1. The summed E-state index contributed by atoms with van der Waals surface area (Å²) in [6.45, 7) is 0.0847. The molecule has 10 heteroatoms. The first-order chi connectivity index (χ1) is 11.6. The van der Waals surface area contributed by atoms with Crippen LogP contribution in [0.15, 0.2) is 42.9 Å². The highest BCUT2D eigenvalue weighted by atomic mass is 16.5. The Morgan fingerprint density at radius 2 is 2.08 bits per heavy atom. The molecule has 0 aliphatic rings. The number of carbonyl (C=O) groups excluding carboxylic acids is 1. The monoisotopic (exact) mass is 332 g/mol. The van der Waals surface area contributed by atoms with Crippen molar-refractivity contribution in [1.29, 1.82) is 5.53 Å². The molecule has 1 heterocycles. The third-order valence-electron chi connectivity index (χ3n) is 2.77. The van der Waals surface area contributed by atoms with Crippen molar-refractivity contribution in [1.82, 2.24) is 15.3 Å². The standard InChI is InChI=1S/C14H15N3O4.HN3/c18-13(19)12(6-11-7-15-9-16-11)17-14(20)21-8-10-4-2-1-3-5-10;1-3-2/h1-5,7,9,12H,6,8H2,(H,15,16)(H,17,20)(H,18,19);1H/t12-;/m0./s1. The number of imidazole rings is 1. The SMILES string of the molecule is O=C(N[C@@H](Cc1c[nH]cn1)C(=O)O)OCc1ccccc1.[N-]=[N+]=N. The molecule has 0 unspecified atom stereocenters. The van der Waals surface area contributed by atoms with Crippen LogP contribution in [0.3, 0.4) is 0 Å². The summed E-state index contributed by atoms with van der Waals surface area (Å²) >= 11 is 0. The average molecular weight is 332 g/mol. The van der Waals surface area contributed by atoms with Gasteiger partial charge in [0, 0.05) is 12.6 Å². The lowest BCUT2D eigenvalue weighted by Crippen LogP contribution is -2.42. The molecule has 24 heavy (non-hydrogen) atoms. The van der Waals surface area contributed by atoms with Crippen LogP contribution in [-0.2, 0) is 22.6 Å². The number of hydrogen-bond donors (Lipinski definition) is 4. The van der Waals surface area contributed by atoms with Crippen molar-refractivity contribution in [2.24, 2.45) is 0 Å². The fourth-order valence-electron chi connectivity index (χ4n) is 1.72. The van der Waals surface area contributed by atoms with Gasteiger partial charge in [-0.05, 0) is 16.0 Å². The van der Waals surface area contributed by atoms with E-state index < -0.39 is 18.1 Å². The molecular formula is C14H16N6O4. The van der Waals surface area contributed by atoms with Crippen LogP contribution in [0, 0.1) is 5.53 Å². The minimum absolute atomic E-state index is 0.0826. The lowest BCUT2D eigenvalue weighted by Gasteiger charge is -2.13. The Balaban J connectivity index is 0.000000891. The number of carbonyl (C=O) groups is 2. The van der Waals surface area contributed by atoms with Crippen LogP contribution < -0.4 is 5.32 Å². The Hall–Kier alpha value is -3.52. The molecule has 1 aromatic heterocycles. The number of rotatable bonds is 6. The van der Waals surface area contributed by atoms with Gasteiger partial charge in [0.25, 0.3) is 0 Å². The summed E-state index contributed by atoms with van der Waals surface area (Å²) in [5.41, 5.74) is 13.6. The van der Waals surface area contributed by atoms with Crippen LogP contribution in [0.2, 0.25) is 0 Å². The zero-order valence-electron chi connectivity index (χ0n) is 12.5. The second-order valence-corrected chi connectivity index (χ2v) is 4.46. The molecular weight excluding hydrogens is 316 g/mol. The number of carboxylic acid groups (broad SMARTS) is 1. The molecule has 1 aromatic carbocycles. The Kier molecular flexibility index (Phi) is 7.91. The van der Waals surface area contributed by atoms with E-state index in [4.69, 9.17) is 20.9 Å². The number of aliphatic carboxylic acids is 1. The number of carboxylic acids is 1. The van der Waals surface area contributed by atoms with Crippen LogP contribution in [0.25, 0.3) is 10.4 Å². The molecule has 10 nitrogen and oxygen atoms in total. The van der Waals surface area contributed by atoms with E-state index in [1.807, 2.05) is 30.3 Å². The summed E-state index contributed by atoms with van der Waals surface area (Å²) in [5.74, 6) is -1.14. The second-order valence-electron chi connectivity index (χ2n) is 4.46. The first-order valence-electron chi connectivity index (χ1n) is 6.75. The Labute approximate surface area is 136 Å². The zero-order chi connectivity index (χ0) is 17.8. The fourth-order valence-corrected chi connectivity index (χ4v) is 1.72. The van der Waals surface area contributed by atoms with Crippen molar-refractivity contribution in [2.45, 2.75) is 19.1 Å². The minimum atomic E-state index is -1.14. The quantitative estimate of drug-likeness (QED) is 0.361. The van der Waals surface area contributed by atoms with Gasteiger partial charge in [0.15, 0.2) is 0 Å². The number of benzene rings is 1. The van der Waals surface area contributed by atoms with E-state index in [-0.39, 0.29) is 13.0 Å². The molecule has 0 spiro atoms. The van der Waals surface area contributed by atoms with Gasteiger partial charge in [0.2, 0.25) is 0 Å². The summed E-state index contributed by atoms with van der Waals surface area (Å²) in [5, 5.41) is 11.4. The molecule has 4 N–H and O–H groups in total. The van der Waals surface area contributed by atoms with Gasteiger partial charge in [0.05, 0.1) is 12.0 Å². The first-order valence-corrected chi connectivity index (χ1v) is 6.75. The molecule has 0 aliphatic heterocycles. The summed E-state index contributed by atoms with van der Waals surface area (Å²) in [7, 11) is 0. The number of alkyl carbamates (subject to hydrolysis) is 1. The van der Waals surface area contributed by atoms with Crippen LogP contribution >= 0.6 is 0 Å². The second kappa shape index (κ2) is 10.2. The zero-order valence-corrected chi connectivity index (χ0v) is 12.5. The lowest BCUT2D eigenvalue weighted by atomic mass is 10.2. The summed E-state index contributed by atoms with van der Waals surface area (Å²) in [6.07, 6.45) is 2.33. The summed E-state index contributed by atoms with van der Waals surface area (Å²) in [4.78, 5) is 31.2. The molecule has 1 amide bonds. The highest BCUT2D eigenvalue weighted by molar-refractivity contribution is 5.80. The lowest BCUT2D eigenvalue weighted by molar-refractivity contribution is -0.139. The minimum Gasteiger partial charge on any atom is -0.480 e. The smallest absolute Gasteiger partial charge is 0.408 e. The van der Waals surface area contributed by atoms with Crippen molar-refractivity contribution in [3.63, 3.8) is 0 Å². The Morgan fingerprint density at radius 3 is 2.62 bits per heavy atom. The topological polar surface area (TPSA) is 165 Å². The Morgan fingerprint density at radius 1 is 1.42 bits per heavy atom. The molecule has 2 rings (SSSR count). The molecule has 0 saturated carbocycles. The molecule has 0 saturated heterocycles. The fraction of sp³-hybridized carbons (Fsp3) is 0.214. The van der Waals surface area contributed by atoms with Crippen LogP contribution in [0.5, 0.6) is 0 Å². The molecule has 0 radical (unpaired) electrons. The third-order valence-corrected chi connectivity index (χ3v) is 2.77. The van der Waals surface area contributed by atoms with Gasteiger partial charge in [-0.25, -0.2) is 14.6 Å². The van der Waals surface area contributed by atoms with Crippen LogP contribution in [0.1, 0.15) is 11.3 Å². The molecule has 0 fully saturated rings. The van der Waals surface area contributed by atoms with Crippen molar-refractivity contribution in [3.05, 3.63) is 64.6 Å². The predicted octanol–water partition coefficient (Wildman–Crippen LogP) is 2.21. The van der Waals surface area contributed by atoms with Crippen molar-refractivity contribution in [3.8, 4) is 0 Å². The van der Waals surface area contributed by atoms with Crippen molar-refractivity contribution >= 4 is 12.1 Å². The van der Waals surface area contributed by atoms with E-state index in [1.165, 1.54) is 6.33 Å². The maximum atomic E-state index is 11.6. The molecule has 1 atom stereocenters. The van der Waals surface area contributed by atoms with Gasteiger partial charge in [-0.1, -0.05) is 30.3 Å². The van der Waals surface area contributed by atoms with E-state index >= 15 is 0 Å². The number of aromatic nitrogens is 2. The molecule has 0 aliphatic carbocycles. The number of nitrogens with zero attached hydrogens (tertiary/aromatic N) is 3. The van der Waals surface area contributed by atoms with Gasteiger partial charge < -0.3 is 20.1 Å². The number of hydrogen-bond acceptors (Lipinski definition) is 5. The van der Waals surface area contributed by atoms with E-state index in [9.17, 15) is 9.59 Å². The first kappa shape index (κ1) is 18.5. The third kappa shape index (κ3) is 6.96. The van der Waals surface area contributed by atoms with E-state index in [0.29, 0.717) is 5.69 Å². The molecule has 2 aromatic rings. The van der Waals surface area contributed by atoms with Gasteiger partial charge in [0.1, 0.15) is 12.6 Å². The van der Waals surface area contributed by atoms with Gasteiger partial charge in [-0.3, -0.25) is 0 Å². The van der Waals surface area contributed by atoms with Crippen LogP contribution in [-0.4, -0.2) is 33.2 Å². The molecule has 126 valence electrons. The average Bonchev–Trinajstić information content (AvgIpc) is 3.07. The number of H-pyrrole nitrogens is 1. The van der Waals surface area contributed by atoms with Gasteiger partial charge in [-0.15, -0.1) is 5.53 Å². The maximum Gasteiger partial charge on any atom is 0.408 e. The van der Waals surface area contributed by atoms with E-state index in [1.54, 1.807) is 11.1 Å². The number of ether oxygens (including phenoxy) is 1. The largest absolute Gasteiger partial charge is 0.480 e.